The van der Waals surface area contributed by atoms with Crippen LogP contribution in [0.3, 0.4) is 0 Å². The van der Waals surface area contributed by atoms with Crippen LogP contribution in [0.5, 0.6) is 0 Å². The van der Waals surface area contributed by atoms with Crippen LogP contribution >= 0.6 is 11.8 Å². The van der Waals surface area contributed by atoms with E-state index in [1.165, 1.54) is 0 Å². The number of piperazine rings is 1. The van der Waals surface area contributed by atoms with E-state index in [0.717, 1.165) is 51.4 Å². The Morgan fingerprint density at radius 2 is 1.88 bits per heavy atom. The minimum atomic E-state index is -0.262. The van der Waals surface area contributed by atoms with Gasteiger partial charge in [0.2, 0.25) is 11.8 Å². The first-order chi connectivity index (χ1) is 11.8. The van der Waals surface area contributed by atoms with E-state index >= 15 is 0 Å². The Morgan fingerprint density at radius 1 is 1.16 bits per heavy atom. The van der Waals surface area contributed by atoms with E-state index in [4.69, 9.17) is 0 Å². The average molecular weight is 369 g/mol. The van der Waals surface area contributed by atoms with Crippen LogP contribution in [0.1, 0.15) is 33.6 Å². The lowest BCUT2D eigenvalue weighted by Crippen LogP contribution is -2.51. The maximum Gasteiger partial charge on any atom is 0.246 e. The van der Waals surface area contributed by atoms with Gasteiger partial charge in [-0.15, -0.1) is 11.8 Å². The summed E-state index contributed by atoms with van der Waals surface area (Å²) in [5.41, 5.74) is -0.0427. The molecule has 1 N–H and O–H groups in total. The predicted molar refractivity (Wildman–Crippen MR) is 101 cm³/mol. The number of rotatable bonds is 3. The zero-order valence-corrected chi connectivity index (χ0v) is 16.6. The molecule has 0 aromatic heterocycles. The highest BCUT2D eigenvalue weighted by Crippen LogP contribution is 2.28. The topological polar surface area (TPSA) is 55.9 Å². The molecule has 3 saturated heterocycles. The molecule has 3 heterocycles. The number of hydrogen-bond donors (Lipinski definition) is 1. The summed E-state index contributed by atoms with van der Waals surface area (Å²) >= 11 is 1.70. The number of thioether (sulfide) groups is 1. The van der Waals surface area contributed by atoms with Crippen molar-refractivity contribution < 1.29 is 9.59 Å². The van der Waals surface area contributed by atoms with Crippen LogP contribution in [0.25, 0.3) is 0 Å². The lowest BCUT2D eigenvalue weighted by Gasteiger charge is -2.33. The summed E-state index contributed by atoms with van der Waals surface area (Å²) in [6.45, 7) is 12.1. The molecule has 3 rings (SSSR count). The molecule has 6 nitrogen and oxygen atoms in total. The molecular weight excluding hydrogens is 336 g/mol. The molecule has 2 atom stereocenters. The Balaban J connectivity index is 1.57. The Bertz CT molecular complexity index is 502. The molecule has 0 aromatic carbocycles. The standard InChI is InChI=1S/C18H32N4O2S/c1-18(2,3)10-16(23)22-13-25-12-15(22)17(24)21-7-4-14(11-21)20-8-5-19-6-9-20/h14-15,19H,4-13H2,1-3H3. The normalized spacial score (nSPS) is 28.6. The number of carbonyl (C=O) groups excluding carboxylic acids is 2. The van der Waals surface area contributed by atoms with Gasteiger partial charge in [-0.25, -0.2) is 0 Å². The van der Waals surface area contributed by atoms with E-state index < -0.39 is 0 Å². The minimum absolute atomic E-state index is 0.0427. The number of hydrogen-bond acceptors (Lipinski definition) is 5. The van der Waals surface area contributed by atoms with Gasteiger partial charge in [0.15, 0.2) is 0 Å². The largest absolute Gasteiger partial charge is 0.339 e. The lowest BCUT2D eigenvalue weighted by molar-refractivity contribution is -0.143. The first-order valence-electron chi connectivity index (χ1n) is 9.46. The molecule has 3 aliphatic heterocycles. The van der Waals surface area contributed by atoms with Crippen LogP contribution < -0.4 is 5.32 Å². The van der Waals surface area contributed by atoms with Crippen molar-refractivity contribution in [3.63, 3.8) is 0 Å². The van der Waals surface area contributed by atoms with Crippen LogP contribution in [0, 0.1) is 5.41 Å². The molecule has 3 aliphatic rings. The Labute approximate surface area is 155 Å². The zero-order valence-electron chi connectivity index (χ0n) is 15.8. The molecule has 0 aliphatic carbocycles. The van der Waals surface area contributed by atoms with Gasteiger partial charge in [0.25, 0.3) is 0 Å². The average Bonchev–Trinajstić information content (AvgIpc) is 3.23. The van der Waals surface area contributed by atoms with Crippen LogP contribution in [0.2, 0.25) is 0 Å². The highest BCUT2D eigenvalue weighted by molar-refractivity contribution is 7.99. The van der Waals surface area contributed by atoms with Crippen molar-refractivity contribution in [2.45, 2.75) is 45.7 Å². The van der Waals surface area contributed by atoms with E-state index in [9.17, 15) is 9.59 Å². The Morgan fingerprint density at radius 3 is 2.56 bits per heavy atom. The van der Waals surface area contributed by atoms with Crippen LogP contribution in [0.15, 0.2) is 0 Å². The first kappa shape index (κ1) is 19.0. The number of nitrogens with zero attached hydrogens (tertiary/aromatic N) is 3. The van der Waals surface area contributed by atoms with E-state index in [-0.39, 0.29) is 23.3 Å². The predicted octanol–water partition coefficient (Wildman–Crippen LogP) is 0.830. The highest BCUT2D eigenvalue weighted by atomic mass is 32.2. The number of carbonyl (C=O) groups is 2. The minimum Gasteiger partial charge on any atom is -0.339 e. The summed E-state index contributed by atoms with van der Waals surface area (Å²) in [6.07, 6.45) is 1.56. The van der Waals surface area contributed by atoms with Gasteiger partial charge < -0.3 is 15.1 Å². The van der Waals surface area contributed by atoms with E-state index in [2.05, 4.69) is 31.0 Å². The van der Waals surface area contributed by atoms with Gasteiger partial charge in [-0.1, -0.05) is 20.8 Å². The van der Waals surface area contributed by atoms with Crippen molar-refractivity contribution in [2.24, 2.45) is 5.41 Å². The number of likely N-dealkylation sites (tertiary alicyclic amines) is 1. The Kier molecular flexibility index (Phi) is 5.96. The second-order valence-electron chi connectivity index (χ2n) is 8.63. The molecule has 0 radical (unpaired) electrons. The smallest absolute Gasteiger partial charge is 0.246 e. The fourth-order valence-electron chi connectivity index (χ4n) is 3.95. The molecule has 25 heavy (non-hydrogen) atoms. The molecule has 0 saturated carbocycles. The third-order valence-electron chi connectivity index (χ3n) is 5.31. The molecule has 7 heteroatoms. The molecular formula is C18H32N4O2S. The third-order valence-corrected chi connectivity index (χ3v) is 6.32. The number of amides is 2. The van der Waals surface area contributed by atoms with Crippen molar-refractivity contribution in [1.82, 2.24) is 20.0 Å². The molecule has 0 bridgehead atoms. The molecule has 2 amide bonds. The summed E-state index contributed by atoms with van der Waals surface area (Å²) < 4.78 is 0. The lowest BCUT2D eigenvalue weighted by atomic mass is 9.91. The van der Waals surface area contributed by atoms with Gasteiger partial charge in [0.1, 0.15) is 6.04 Å². The maximum atomic E-state index is 13.0. The van der Waals surface area contributed by atoms with Crippen molar-refractivity contribution >= 4 is 23.6 Å². The van der Waals surface area contributed by atoms with Crippen molar-refractivity contribution in [3.05, 3.63) is 0 Å². The fraction of sp³-hybridized carbons (Fsp3) is 0.889. The second-order valence-corrected chi connectivity index (χ2v) is 9.63. The summed E-state index contributed by atoms with van der Waals surface area (Å²) in [7, 11) is 0. The summed E-state index contributed by atoms with van der Waals surface area (Å²) in [6, 6.07) is 0.223. The molecule has 2 unspecified atom stereocenters. The van der Waals surface area contributed by atoms with Crippen molar-refractivity contribution in [1.29, 1.82) is 0 Å². The Hall–Kier alpha value is -0.790. The van der Waals surface area contributed by atoms with E-state index in [1.807, 2.05) is 9.80 Å². The highest BCUT2D eigenvalue weighted by Gasteiger charge is 2.40. The van der Waals surface area contributed by atoms with Gasteiger partial charge >= 0.3 is 0 Å². The van der Waals surface area contributed by atoms with Crippen molar-refractivity contribution in [2.75, 3.05) is 50.9 Å². The van der Waals surface area contributed by atoms with E-state index in [0.29, 0.717) is 18.3 Å². The van der Waals surface area contributed by atoms with Crippen LogP contribution in [-0.4, -0.2) is 89.5 Å². The summed E-state index contributed by atoms with van der Waals surface area (Å²) in [4.78, 5) is 32.0. The third kappa shape index (κ3) is 4.68. The molecule has 142 valence electrons. The van der Waals surface area contributed by atoms with Crippen LogP contribution in [-0.2, 0) is 9.59 Å². The first-order valence-corrected chi connectivity index (χ1v) is 10.6. The van der Waals surface area contributed by atoms with Gasteiger partial charge in [-0.05, 0) is 11.8 Å². The quantitative estimate of drug-likeness (QED) is 0.800. The fourth-order valence-corrected chi connectivity index (χ4v) is 5.12. The summed E-state index contributed by atoms with van der Waals surface area (Å²) in [5, 5.41) is 3.38. The van der Waals surface area contributed by atoms with Crippen LogP contribution in [0.4, 0.5) is 0 Å². The zero-order chi connectivity index (χ0) is 18.0. The van der Waals surface area contributed by atoms with Gasteiger partial charge in [0, 0.05) is 57.5 Å². The van der Waals surface area contributed by atoms with Gasteiger partial charge in [0.05, 0.1) is 5.88 Å². The molecule has 0 aromatic rings. The SMILES string of the molecule is CC(C)(C)CC(=O)N1CSCC1C(=O)N1CCC(N2CCNCC2)C1. The molecule has 0 spiro atoms. The van der Waals surface area contributed by atoms with E-state index in [1.54, 1.807) is 11.8 Å². The monoisotopic (exact) mass is 368 g/mol. The molecule has 3 fully saturated rings. The maximum absolute atomic E-state index is 13.0. The van der Waals surface area contributed by atoms with Gasteiger partial charge in [-0.2, -0.15) is 0 Å². The number of nitrogens with one attached hydrogen (secondary N) is 1. The second kappa shape index (κ2) is 7.84. The van der Waals surface area contributed by atoms with Crippen molar-refractivity contribution in [3.8, 4) is 0 Å². The van der Waals surface area contributed by atoms with Gasteiger partial charge in [-0.3, -0.25) is 14.5 Å². The summed E-state index contributed by atoms with van der Waals surface area (Å²) in [5.74, 6) is 1.67.